The van der Waals surface area contributed by atoms with Gasteiger partial charge < -0.3 is 5.11 Å². The van der Waals surface area contributed by atoms with Gasteiger partial charge in [-0.2, -0.15) is 5.10 Å². The summed E-state index contributed by atoms with van der Waals surface area (Å²) in [7, 11) is 0. The third-order valence-corrected chi connectivity index (χ3v) is 2.35. The molecule has 16 heavy (non-hydrogen) atoms. The third kappa shape index (κ3) is 2.11. The Labute approximate surface area is 93.1 Å². The van der Waals surface area contributed by atoms with E-state index >= 15 is 0 Å². The van der Waals surface area contributed by atoms with Crippen LogP contribution in [0.4, 0.5) is 0 Å². The minimum absolute atomic E-state index is 0.238. The minimum Gasteiger partial charge on any atom is -0.477 e. The van der Waals surface area contributed by atoms with Crippen LogP contribution in [-0.2, 0) is 6.54 Å². The van der Waals surface area contributed by atoms with E-state index in [1.54, 1.807) is 0 Å². The van der Waals surface area contributed by atoms with Crippen molar-refractivity contribution >= 4 is 5.97 Å². The van der Waals surface area contributed by atoms with Crippen LogP contribution in [-0.4, -0.2) is 20.9 Å². The van der Waals surface area contributed by atoms with Gasteiger partial charge in [0, 0.05) is 12.7 Å². The Morgan fingerprint density at radius 3 is 2.38 bits per heavy atom. The number of carboxylic acid groups (broad SMARTS) is 1. The predicted molar refractivity (Wildman–Crippen MR) is 60.3 cm³/mol. The average molecular weight is 216 g/mol. The largest absolute Gasteiger partial charge is 0.477 e. The number of fused-ring (bicyclic) bond motifs is 1. The van der Waals surface area contributed by atoms with Crippen LogP contribution in [0.2, 0.25) is 0 Å². The van der Waals surface area contributed by atoms with Crippen molar-refractivity contribution in [3.63, 3.8) is 0 Å². The third-order valence-electron chi connectivity index (χ3n) is 2.35. The number of carbonyl (C=O) groups is 1. The lowest BCUT2D eigenvalue weighted by atomic mass is 10.4. The summed E-state index contributed by atoms with van der Waals surface area (Å²) >= 11 is 0. The van der Waals surface area contributed by atoms with E-state index in [-0.39, 0.29) is 5.69 Å². The molecule has 0 unspecified atom stereocenters. The van der Waals surface area contributed by atoms with Crippen molar-refractivity contribution in [2.75, 3.05) is 0 Å². The molecular weight excluding hydrogens is 204 g/mol. The number of rotatable bonds is 2. The number of hydrogen-bond acceptors (Lipinski definition) is 2. The average Bonchev–Trinajstić information content (AvgIpc) is 2.72. The fraction of sp³-hybridized carbons (Fsp3) is 0.167. The molecule has 1 N–H and O–H groups in total. The lowest BCUT2D eigenvalue weighted by molar-refractivity contribution is 0.0683. The maximum Gasteiger partial charge on any atom is 0.354 e. The summed E-state index contributed by atoms with van der Waals surface area (Å²) in [6, 6.07) is 9.96. The maximum absolute atomic E-state index is 10.4. The Morgan fingerprint density at radius 1 is 1.38 bits per heavy atom. The molecule has 1 heterocycles. The molecular formula is C12H12N2O2. The Morgan fingerprint density at radius 2 is 2.06 bits per heavy atom. The number of benzene rings is 1. The van der Waals surface area contributed by atoms with E-state index in [4.69, 9.17) is 5.11 Å². The highest BCUT2D eigenvalue weighted by Gasteiger charge is 2.07. The Bertz CT molecular complexity index is 500. The number of nitrogens with zero attached hydrogens (tertiary/aromatic N) is 2. The standard InChI is InChI=1S/C6H8N2O2.C6H4/c1-2-8-5(6(9)10)3-4-7-8;1-2-5-4-6(5)3-1/h3-4H,2H2,1H3,(H,9,10);1-4H. The van der Waals surface area contributed by atoms with Gasteiger partial charge in [0.25, 0.3) is 0 Å². The molecule has 4 heteroatoms. The van der Waals surface area contributed by atoms with Crippen LogP contribution in [0.15, 0.2) is 36.5 Å². The molecule has 3 rings (SSSR count). The minimum atomic E-state index is -0.931. The van der Waals surface area contributed by atoms with Crippen LogP contribution in [0.5, 0.6) is 0 Å². The summed E-state index contributed by atoms with van der Waals surface area (Å²) in [5.74, 6) is -0.931. The lowest BCUT2D eigenvalue weighted by Crippen LogP contribution is -2.07. The Kier molecular flexibility index (Phi) is 2.72. The predicted octanol–water partition coefficient (Wildman–Crippen LogP) is 2.27. The monoisotopic (exact) mass is 216 g/mol. The molecule has 0 atom stereocenters. The molecule has 0 bridgehead atoms. The molecule has 0 spiro atoms. The number of hydrogen-bond donors (Lipinski definition) is 1. The first-order chi connectivity index (χ1) is 7.72. The van der Waals surface area contributed by atoms with Crippen molar-refractivity contribution in [2.24, 2.45) is 0 Å². The van der Waals surface area contributed by atoms with Gasteiger partial charge in [0.15, 0.2) is 0 Å². The number of aromatic carboxylic acids is 1. The molecule has 1 aromatic heterocycles. The molecule has 4 nitrogen and oxygen atoms in total. The second-order valence-corrected chi connectivity index (χ2v) is 3.42. The zero-order chi connectivity index (χ0) is 11.5. The summed E-state index contributed by atoms with van der Waals surface area (Å²) in [5.41, 5.74) is 3.09. The first kappa shape index (κ1) is 10.4. The van der Waals surface area contributed by atoms with Gasteiger partial charge in [-0.05, 0) is 30.2 Å². The van der Waals surface area contributed by atoms with Crippen LogP contribution in [0, 0.1) is 0 Å². The van der Waals surface area contributed by atoms with Gasteiger partial charge in [0.2, 0.25) is 0 Å². The molecule has 0 saturated heterocycles. The van der Waals surface area contributed by atoms with E-state index in [0.29, 0.717) is 6.54 Å². The molecule has 0 amide bonds. The molecule has 0 aromatic carbocycles. The lowest BCUT2D eigenvalue weighted by Gasteiger charge is -1.96. The van der Waals surface area contributed by atoms with Crippen molar-refractivity contribution in [3.8, 4) is 11.1 Å². The summed E-state index contributed by atoms with van der Waals surface area (Å²) in [6.07, 6.45) is 1.48. The van der Waals surface area contributed by atoms with Crippen molar-refractivity contribution in [2.45, 2.75) is 13.5 Å². The van der Waals surface area contributed by atoms with Gasteiger partial charge >= 0.3 is 5.97 Å². The molecule has 2 aliphatic rings. The quantitative estimate of drug-likeness (QED) is 0.714. The fourth-order valence-corrected chi connectivity index (χ4v) is 1.44. The highest BCUT2D eigenvalue weighted by Crippen LogP contribution is 2.32. The van der Waals surface area contributed by atoms with Crippen molar-refractivity contribution < 1.29 is 9.90 Å². The summed E-state index contributed by atoms with van der Waals surface area (Å²) < 4.78 is 1.43. The highest BCUT2D eigenvalue weighted by molar-refractivity contribution is 5.85. The zero-order valence-corrected chi connectivity index (χ0v) is 8.92. The van der Waals surface area contributed by atoms with Gasteiger partial charge in [-0.25, -0.2) is 4.79 Å². The Hall–Kier alpha value is -2.10. The maximum atomic E-state index is 10.4. The second-order valence-electron chi connectivity index (χ2n) is 3.42. The van der Waals surface area contributed by atoms with Gasteiger partial charge in [-0.1, -0.05) is 18.2 Å². The van der Waals surface area contributed by atoms with Gasteiger partial charge in [0.1, 0.15) is 5.69 Å². The van der Waals surface area contributed by atoms with Crippen LogP contribution >= 0.6 is 0 Å². The smallest absolute Gasteiger partial charge is 0.354 e. The van der Waals surface area contributed by atoms with Crippen molar-refractivity contribution in [1.29, 1.82) is 0 Å². The fourth-order valence-electron chi connectivity index (χ4n) is 1.44. The molecule has 0 radical (unpaired) electrons. The first-order valence-electron chi connectivity index (χ1n) is 5.08. The van der Waals surface area contributed by atoms with Crippen LogP contribution < -0.4 is 0 Å². The second kappa shape index (κ2) is 4.18. The highest BCUT2D eigenvalue weighted by atomic mass is 16.4. The summed E-state index contributed by atoms with van der Waals surface area (Å²) in [5, 5.41) is 12.3. The summed E-state index contributed by atoms with van der Waals surface area (Å²) in [6.45, 7) is 2.44. The van der Waals surface area contributed by atoms with E-state index in [0.717, 1.165) is 0 Å². The van der Waals surface area contributed by atoms with Gasteiger partial charge in [0.05, 0.1) is 0 Å². The summed E-state index contributed by atoms with van der Waals surface area (Å²) in [4.78, 5) is 10.4. The number of aryl methyl sites for hydroxylation is 1. The van der Waals surface area contributed by atoms with Crippen LogP contribution in [0.25, 0.3) is 11.1 Å². The Balaban J connectivity index is 0.000000134. The number of carboxylic acids is 1. The molecule has 2 aliphatic carbocycles. The van der Waals surface area contributed by atoms with Crippen LogP contribution in [0.1, 0.15) is 17.4 Å². The normalized spacial score (nSPS) is 10.3. The van der Waals surface area contributed by atoms with Gasteiger partial charge in [-0.3, -0.25) is 4.68 Å². The topological polar surface area (TPSA) is 55.1 Å². The van der Waals surface area contributed by atoms with E-state index in [1.807, 2.05) is 6.92 Å². The SMILES string of the molecule is CCn1nccc1C(=O)O.c1cc2cc-2c1. The van der Waals surface area contributed by atoms with Crippen molar-refractivity contribution in [1.82, 2.24) is 9.78 Å². The molecule has 0 fully saturated rings. The van der Waals surface area contributed by atoms with Gasteiger partial charge in [-0.15, -0.1) is 0 Å². The van der Waals surface area contributed by atoms with E-state index in [9.17, 15) is 4.79 Å². The number of aromatic nitrogens is 2. The van der Waals surface area contributed by atoms with E-state index < -0.39 is 5.97 Å². The van der Waals surface area contributed by atoms with E-state index in [1.165, 1.54) is 28.1 Å². The molecule has 1 aromatic rings. The van der Waals surface area contributed by atoms with E-state index in [2.05, 4.69) is 29.4 Å². The first-order valence-corrected chi connectivity index (χ1v) is 5.08. The van der Waals surface area contributed by atoms with Crippen LogP contribution in [0.3, 0.4) is 0 Å². The van der Waals surface area contributed by atoms with Crippen molar-refractivity contribution in [3.05, 3.63) is 42.2 Å². The molecule has 0 aliphatic heterocycles. The zero-order valence-electron chi connectivity index (χ0n) is 8.92. The molecule has 0 saturated carbocycles. The molecule has 82 valence electrons.